The lowest BCUT2D eigenvalue weighted by Gasteiger charge is -2.39. The molecule has 3 heteroatoms. The van der Waals surface area contributed by atoms with E-state index in [9.17, 15) is 0 Å². The monoisotopic (exact) mass is 327 g/mol. The fraction of sp³-hybridized carbons (Fsp3) is 0.400. The molecule has 0 aromatic heterocycles. The van der Waals surface area contributed by atoms with Crippen molar-refractivity contribution in [3.05, 3.63) is 48.5 Å². The van der Waals surface area contributed by atoms with Crippen LogP contribution in [-0.4, -0.2) is 37.2 Å². The zero-order valence-electron chi connectivity index (χ0n) is 14.5. The minimum absolute atomic E-state index is 1.07. The van der Waals surface area contributed by atoms with Crippen LogP contribution in [0.3, 0.4) is 0 Å². The fourth-order valence-electron chi connectivity index (χ4n) is 3.48. The van der Waals surface area contributed by atoms with Gasteiger partial charge in [0.1, 0.15) is 0 Å². The molecule has 3 rings (SSSR count). The fourth-order valence-corrected chi connectivity index (χ4v) is 4.58. The average molecular weight is 328 g/mol. The third-order valence-electron chi connectivity index (χ3n) is 5.34. The molecule has 0 bridgehead atoms. The van der Waals surface area contributed by atoms with Gasteiger partial charge in [-0.1, -0.05) is 36.0 Å². The number of nitrogens with zero attached hydrogens (tertiary/aromatic N) is 2. The summed E-state index contributed by atoms with van der Waals surface area (Å²) in [5.74, 6) is 0. The molecule has 0 radical (unpaired) electrons. The Kier molecular flexibility index (Phi) is 4.98. The molecule has 0 fully saturated rings. The molecule has 0 spiro atoms. The molecule has 2 aromatic carbocycles. The molecule has 0 atom stereocenters. The highest BCUT2D eigenvalue weighted by Gasteiger charge is 2.27. The SMILES string of the molecule is CC[N+](CC)(CC)CCN1c2ccccc2Sc2ccccc21. The van der Waals surface area contributed by atoms with Gasteiger partial charge < -0.3 is 9.38 Å². The van der Waals surface area contributed by atoms with Crippen molar-refractivity contribution in [2.24, 2.45) is 0 Å². The summed E-state index contributed by atoms with van der Waals surface area (Å²) < 4.78 is 1.19. The Morgan fingerprint density at radius 1 is 0.783 bits per heavy atom. The van der Waals surface area contributed by atoms with Gasteiger partial charge in [0.05, 0.1) is 44.1 Å². The van der Waals surface area contributed by atoms with Crippen LogP contribution < -0.4 is 4.90 Å². The number of hydrogen-bond donors (Lipinski definition) is 0. The standard InChI is InChI=1S/C20H27N2S/c1-4-22(5-2,6-3)16-15-21-17-11-7-9-13-19(17)23-20-14-10-8-12-18(20)21/h7-14H,4-6,15-16H2,1-3H3/q+1. The first-order chi connectivity index (χ1) is 11.2. The predicted molar refractivity (Wildman–Crippen MR) is 101 cm³/mol. The van der Waals surface area contributed by atoms with Crippen LogP contribution in [0.15, 0.2) is 58.3 Å². The molecule has 122 valence electrons. The first-order valence-electron chi connectivity index (χ1n) is 8.71. The maximum atomic E-state index is 2.52. The van der Waals surface area contributed by atoms with Gasteiger partial charge in [-0.3, -0.25) is 0 Å². The molecule has 0 saturated carbocycles. The predicted octanol–water partition coefficient (Wildman–Crippen LogP) is 5.17. The molecule has 2 aromatic rings. The molecule has 2 nitrogen and oxygen atoms in total. The van der Waals surface area contributed by atoms with Crippen molar-refractivity contribution in [2.45, 2.75) is 30.6 Å². The topological polar surface area (TPSA) is 3.24 Å². The Balaban J connectivity index is 1.92. The van der Waals surface area contributed by atoms with Crippen LogP contribution in [0.25, 0.3) is 0 Å². The molecular formula is C20H27N2S+. The van der Waals surface area contributed by atoms with E-state index in [-0.39, 0.29) is 0 Å². The van der Waals surface area contributed by atoms with Gasteiger partial charge in [0.25, 0.3) is 0 Å². The number of quaternary nitrogens is 1. The summed E-state index contributed by atoms with van der Waals surface area (Å²) in [4.78, 5) is 5.26. The van der Waals surface area contributed by atoms with E-state index in [0.29, 0.717) is 0 Å². The van der Waals surface area contributed by atoms with Crippen molar-refractivity contribution in [2.75, 3.05) is 37.6 Å². The molecule has 1 aliphatic heterocycles. The van der Waals surface area contributed by atoms with Crippen LogP contribution in [0.2, 0.25) is 0 Å². The molecule has 0 saturated heterocycles. The van der Waals surface area contributed by atoms with Crippen LogP contribution in [0.1, 0.15) is 20.8 Å². The summed E-state index contributed by atoms with van der Waals surface area (Å²) >= 11 is 1.89. The van der Waals surface area contributed by atoms with Crippen LogP contribution in [0.5, 0.6) is 0 Å². The Morgan fingerprint density at radius 2 is 1.26 bits per heavy atom. The minimum atomic E-state index is 1.07. The lowest BCUT2D eigenvalue weighted by atomic mass is 10.2. The minimum Gasteiger partial charge on any atom is -0.334 e. The van der Waals surface area contributed by atoms with Crippen LogP contribution >= 0.6 is 11.8 Å². The number of fused-ring (bicyclic) bond motifs is 2. The molecule has 0 aliphatic carbocycles. The quantitative estimate of drug-likeness (QED) is 0.674. The van der Waals surface area contributed by atoms with E-state index in [1.54, 1.807) is 0 Å². The third kappa shape index (κ3) is 3.13. The van der Waals surface area contributed by atoms with Gasteiger partial charge in [0.15, 0.2) is 0 Å². The van der Waals surface area contributed by atoms with Crippen molar-refractivity contribution in [1.82, 2.24) is 0 Å². The Morgan fingerprint density at radius 3 is 1.74 bits per heavy atom. The number of rotatable bonds is 6. The Bertz CT molecular complexity index is 610. The van der Waals surface area contributed by atoms with Gasteiger partial charge in [-0.2, -0.15) is 0 Å². The zero-order chi connectivity index (χ0) is 16.3. The number of benzene rings is 2. The molecule has 1 heterocycles. The van der Waals surface area contributed by atoms with Gasteiger partial charge in [0.2, 0.25) is 0 Å². The number of para-hydroxylation sites is 2. The average Bonchev–Trinajstić information content (AvgIpc) is 2.62. The largest absolute Gasteiger partial charge is 0.334 e. The van der Waals surface area contributed by atoms with Crippen LogP contribution in [-0.2, 0) is 0 Å². The van der Waals surface area contributed by atoms with E-state index in [0.717, 1.165) is 6.54 Å². The third-order valence-corrected chi connectivity index (χ3v) is 6.47. The van der Waals surface area contributed by atoms with Gasteiger partial charge in [-0.15, -0.1) is 0 Å². The zero-order valence-corrected chi connectivity index (χ0v) is 15.3. The summed E-state index contributed by atoms with van der Waals surface area (Å²) in [5, 5.41) is 0. The van der Waals surface area contributed by atoms with Crippen molar-refractivity contribution in [3.8, 4) is 0 Å². The highest BCUT2D eigenvalue weighted by Crippen LogP contribution is 2.47. The van der Waals surface area contributed by atoms with E-state index >= 15 is 0 Å². The van der Waals surface area contributed by atoms with E-state index in [1.807, 2.05) is 11.8 Å². The molecule has 0 amide bonds. The lowest BCUT2D eigenvalue weighted by molar-refractivity contribution is -0.921. The normalized spacial score (nSPS) is 13.6. The Hall–Kier alpha value is -1.45. The van der Waals surface area contributed by atoms with Gasteiger partial charge >= 0.3 is 0 Å². The smallest absolute Gasteiger partial charge is 0.0968 e. The summed E-state index contributed by atoms with van der Waals surface area (Å²) in [5.41, 5.74) is 2.72. The molecule has 0 N–H and O–H groups in total. The number of likely N-dealkylation sites (N-methyl/N-ethyl adjacent to an activating group) is 1. The Labute approximate surface area is 144 Å². The second-order valence-electron chi connectivity index (χ2n) is 6.20. The van der Waals surface area contributed by atoms with Crippen molar-refractivity contribution in [1.29, 1.82) is 0 Å². The summed E-state index contributed by atoms with van der Waals surface area (Å²) in [6, 6.07) is 17.6. The van der Waals surface area contributed by atoms with Crippen LogP contribution in [0, 0.1) is 0 Å². The molecule has 23 heavy (non-hydrogen) atoms. The van der Waals surface area contributed by atoms with Crippen molar-refractivity contribution >= 4 is 23.1 Å². The van der Waals surface area contributed by atoms with E-state index in [4.69, 9.17) is 0 Å². The second kappa shape index (κ2) is 6.98. The van der Waals surface area contributed by atoms with E-state index < -0.39 is 0 Å². The summed E-state index contributed by atoms with van der Waals surface area (Å²) in [6.07, 6.45) is 0. The van der Waals surface area contributed by atoms with E-state index in [1.165, 1.54) is 51.8 Å². The first-order valence-corrected chi connectivity index (χ1v) is 9.53. The van der Waals surface area contributed by atoms with Gasteiger partial charge in [-0.05, 0) is 45.0 Å². The van der Waals surface area contributed by atoms with Crippen molar-refractivity contribution in [3.63, 3.8) is 0 Å². The highest BCUT2D eigenvalue weighted by atomic mass is 32.2. The molecule has 1 aliphatic rings. The van der Waals surface area contributed by atoms with Gasteiger partial charge in [0, 0.05) is 9.79 Å². The van der Waals surface area contributed by atoms with Crippen LogP contribution in [0.4, 0.5) is 11.4 Å². The van der Waals surface area contributed by atoms with E-state index in [2.05, 4.69) is 74.2 Å². The maximum absolute atomic E-state index is 2.52. The highest BCUT2D eigenvalue weighted by molar-refractivity contribution is 7.99. The number of hydrogen-bond acceptors (Lipinski definition) is 2. The van der Waals surface area contributed by atoms with Gasteiger partial charge in [-0.25, -0.2) is 0 Å². The molecular weight excluding hydrogens is 300 g/mol. The van der Waals surface area contributed by atoms with Crippen molar-refractivity contribution < 1.29 is 4.48 Å². The second-order valence-corrected chi connectivity index (χ2v) is 7.29. The lowest BCUT2D eigenvalue weighted by Crippen LogP contribution is -2.51. The first kappa shape index (κ1) is 16.4. The number of anilines is 2. The maximum Gasteiger partial charge on any atom is 0.0968 e. The summed E-state index contributed by atoms with van der Waals surface area (Å²) in [6.45, 7) is 12.8. The molecule has 0 unspecified atom stereocenters. The summed E-state index contributed by atoms with van der Waals surface area (Å²) in [7, 11) is 0.